The molecule has 0 fully saturated rings. The van der Waals surface area contributed by atoms with E-state index in [1.807, 2.05) is 0 Å². The van der Waals surface area contributed by atoms with Crippen LogP contribution in [0.15, 0.2) is 0 Å². The third-order valence-electron chi connectivity index (χ3n) is 0.544. The topological polar surface area (TPSA) is 46.5 Å². The zero-order valence-corrected chi connectivity index (χ0v) is 5.18. The van der Waals surface area contributed by atoms with Gasteiger partial charge in [-0.1, -0.05) is 0 Å². The lowest BCUT2D eigenvalue weighted by Crippen LogP contribution is -1.84. The molecule has 1 unspecified atom stereocenters. The van der Waals surface area contributed by atoms with E-state index in [-0.39, 0.29) is 12.8 Å². The first-order valence-corrected chi connectivity index (χ1v) is 3.51. The Hall–Kier alpha value is 0.150. The van der Waals surface area contributed by atoms with Crippen LogP contribution in [0.25, 0.3) is 0 Å². The van der Waals surface area contributed by atoms with E-state index in [0.29, 0.717) is 0 Å². The fraction of sp³-hybridized carbons (Fsp3) is 1.00. The van der Waals surface area contributed by atoms with Gasteiger partial charge in [-0.3, -0.25) is 4.57 Å². The fourth-order valence-electron chi connectivity index (χ4n) is 0.193. The summed E-state index contributed by atoms with van der Waals surface area (Å²) in [4.78, 5) is 0. The molecule has 3 nitrogen and oxygen atoms in total. The van der Waals surface area contributed by atoms with Gasteiger partial charge >= 0.3 is 0 Å². The molecule has 4 heteroatoms. The van der Waals surface area contributed by atoms with E-state index in [2.05, 4.69) is 4.52 Å². The molecule has 0 aromatic heterocycles. The molecule has 7 heavy (non-hydrogen) atoms. The maximum atomic E-state index is 10.2. The molecule has 0 heterocycles. The molecular formula is C3H9O3P. The summed E-state index contributed by atoms with van der Waals surface area (Å²) in [5.41, 5.74) is 0. The van der Waals surface area contributed by atoms with E-state index >= 15 is 0 Å². The van der Waals surface area contributed by atoms with E-state index in [4.69, 9.17) is 5.11 Å². The second-order valence-corrected chi connectivity index (χ2v) is 2.70. The number of hydrogen-bond acceptors (Lipinski definition) is 3. The number of aliphatic hydroxyl groups is 1. The smallest absolute Gasteiger partial charge is 0.193 e. The highest BCUT2D eigenvalue weighted by molar-refractivity contribution is 7.39. The van der Waals surface area contributed by atoms with Crippen molar-refractivity contribution >= 4 is 8.03 Å². The average molecular weight is 124 g/mol. The second-order valence-electron chi connectivity index (χ2n) is 1.05. The van der Waals surface area contributed by atoms with Crippen molar-refractivity contribution in [3.63, 3.8) is 0 Å². The van der Waals surface area contributed by atoms with Crippen LogP contribution in [0.2, 0.25) is 0 Å². The Labute approximate surface area is 43.2 Å². The maximum Gasteiger partial charge on any atom is 0.193 e. The Morgan fingerprint density at radius 2 is 2.43 bits per heavy atom. The minimum atomic E-state index is -1.88. The number of aliphatic hydroxyl groups excluding tert-OH is 1. The van der Waals surface area contributed by atoms with Gasteiger partial charge < -0.3 is 9.63 Å². The molecule has 0 bridgehead atoms. The van der Waals surface area contributed by atoms with Gasteiger partial charge in [-0.2, -0.15) is 0 Å². The summed E-state index contributed by atoms with van der Waals surface area (Å²) >= 11 is 0. The quantitative estimate of drug-likeness (QED) is 0.543. The predicted octanol–water partition coefficient (Wildman–Crippen LogP) is 0.0998. The van der Waals surface area contributed by atoms with Crippen LogP contribution in [0, 0.1) is 0 Å². The molecule has 0 aromatic carbocycles. The van der Waals surface area contributed by atoms with Gasteiger partial charge in [0.15, 0.2) is 8.03 Å². The monoisotopic (exact) mass is 124 g/mol. The first-order chi connectivity index (χ1) is 3.31. The molecule has 1 atom stereocenters. The lowest BCUT2D eigenvalue weighted by atomic mass is 10.9. The number of hydrogen-bond donors (Lipinski definition) is 1. The highest BCUT2D eigenvalue weighted by Crippen LogP contribution is 2.17. The minimum Gasteiger partial charge on any atom is -0.396 e. The molecule has 0 rings (SSSR count). The lowest BCUT2D eigenvalue weighted by Gasteiger charge is -1.91. The zero-order valence-electron chi connectivity index (χ0n) is 4.18. The van der Waals surface area contributed by atoms with Gasteiger partial charge in [0.25, 0.3) is 0 Å². The molecule has 0 saturated heterocycles. The molecule has 0 aromatic rings. The summed E-state index contributed by atoms with van der Waals surface area (Å²) in [5, 5.41) is 8.11. The van der Waals surface area contributed by atoms with Crippen molar-refractivity contribution in [1.82, 2.24) is 0 Å². The molecule has 44 valence electrons. The third-order valence-corrected chi connectivity index (χ3v) is 1.63. The summed E-state index contributed by atoms with van der Waals surface area (Å²) in [5.74, 6) is 0. The summed E-state index contributed by atoms with van der Waals surface area (Å²) < 4.78 is 14.6. The highest BCUT2D eigenvalue weighted by Gasteiger charge is 1.90. The van der Waals surface area contributed by atoms with Crippen molar-refractivity contribution in [2.24, 2.45) is 0 Å². The van der Waals surface area contributed by atoms with Gasteiger partial charge in [-0.05, 0) is 0 Å². The summed E-state index contributed by atoms with van der Waals surface area (Å²) in [7, 11) is -0.508. The van der Waals surface area contributed by atoms with E-state index in [1.54, 1.807) is 0 Å². The maximum absolute atomic E-state index is 10.2. The standard InChI is InChI=1S/C3H9O3P/c1-6-7(5)3-2-4/h4,7H,2-3H2,1H3. The van der Waals surface area contributed by atoms with Crippen LogP contribution >= 0.6 is 8.03 Å². The molecule has 0 aliphatic heterocycles. The van der Waals surface area contributed by atoms with E-state index in [9.17, 15) is 4.57 Å². The third kappa shape index (κ3) is 3.99. The first-order valence-electron chi connectivity index (χ1n) is 1.99. The molecule has 0 radical (unpaired) electrons. The first kappa shape index (κ1) is 7.15. The Morgan fingerprint density at radius 1 is 1.86 bits per heavy atom. The van der Waals surface area contributed by atoms with Gasteiger partial charge in [-0.15, -0.1) is 0 Å². The molecule has 0 spiro atoms. The van der Waals surface area contributed by atoms with Crippen LogP contribution in [-0.4, -0.2) is 25.0 Å². The normalized spacial score (nSPS) is 14.0. The summed E-state index contributed by atoms with van der Waals surface area (Å²) in [6.45, 7) is -0.0500. The van der Waals surface area contributed by atoms with Gasteiger partial charge in [0.1, 0.15) is 0 Å². The SMILES string of the molecule is CO[PH](=O)CCO. The Bertz CT molecular complexity index is 63.2. The van der Waals surface area contributed by atoms with Crippen LogP contribution in [0.5, 0.6) is 0 Å². The van der Waals surface area contributed by atoms with Crippen molar-refractivity contribution in [2.75, 3.05) is 19.9 Å². The van der Waals surface area contributed by atoms with E-state index in [1.165, 1.54) is 7.11 Å². The van der Waals surface area contributed by atoms with Crippen molar-refractivity contribution in [2.45, 2.75) is 0 Å². The molecule has 0 aliphatic rings. The Kier molecular flexibility index (Phi) is 4.41. The fourth-order valence-corrected chi connectivity index (χ4v) is 0.580. The Balaban J connectivity index is 3.00. The summed E-state index contributed by atoms with van der Waals surface area (Å²) in [6.07, 6.45) is 0.279. The van der Waals surface area contributed by atoms with Gasteiger partial charge in [-0.25, -0.2) is 0 Å². The van der Waals surface area contributed by atoms with Crippen LogP contribution in [0.1, 0.15) is 0 Å². The van der Waals surface area contributed by atoms with Gasteiger partial charge in [0.05, 0.1) is 6.61 Å². The summed E-state index contributed by atoms with van der Waals surface area (Å²) in [6, 6.07) is 0. The molecule has 0 aliphatic carbocycles. The molecule has 1 N–H and O–H groups in total. The van der Waals surface area contributed by atoms with Crippen LogP contribution in [0.4, 0.5) is 0 Å². The van der Waals surface area contributed by atoms with Crippen LogP contribution in [-0.2, 0) is 9.09 Å². The highest BCUT2D eigenvalue weighted by atomic mass is 31.1. The lowest BCUT2D eigenvalue weighted by molar-refractivity contribution is 0.312. The second kappa shape index (κ2) is 4.31. The van der Waals surface area contributed by atoms with Gasteiger partial charge in [0.2, 0.25) is 0 Å². The van der Waals surface area contributed by atoms with E-state index < -0.39 is 8.03 Å². The van der Waals surface area contributed by atoms with Crippen molar-refractivity contribution < 1.29 is 14.2 Å². The van der Waals surface area contributed by atoms with Crippen LogP contribution < -0.4 is 0 Å². The zero-order chi connectivity index (χ0) is 5.70. The van der Waals surface area contributed by atoms with E-state index in [0.717, 1.165) is 0 Å². The Morgan fingerprint density at radius 3 is 2.57 bits per heavy atom. The minimum absolute atomic E-state index is 0.0500. The predicted molar refractivity (Wildman–Crippen MR) is 28.0 cm³/mol. The largest absolute Gasteiger partial charge is 0.396 e. The molecule has 0 amide bonds. The van der Waals surface area contributed by atoms with Gasteiger partial charge in [0, 0.05) is 13.3 Å². The molecule has 0 saturated carbocycles. The van der Waals surface area contributed by atoms with Crippen molar-refractivity contribution in [3.8, 4) is 0 Å². The number of rotatable bonds is 3. The van der Waals surface area contributed by atoms with Crippen LogP contribution in [0.3, 0.4) is 0 Å². The van der Waals surface area contributed by atoms with Crippen molar-refractivity contribution in [1.29, 1.82) is 0 Å². The molecular weight excluding hydrogens is 115 g/mol. The average Bonchev–Trinajstić information content (AvgIpc) is 1.68. The van der Waals surface area contributed by atoms with Crippen molar-refractivity contribution in [3.05, 3.63) is 0 Å².